The predicted molar refractivity (Wildman–Crippen MR) is 78.8 cm³/mol. The van der Waals surface area contributed by atoms with E-state index in [4.69, 9.17) is 14.2 Å². The lowest BCUT2D eigenvalue weighted by molar-refractivity contribution is 0.0460. The Morgan fingerprint density at radius 2 is 1.86 bits per heavy atom. The van der Waals surface area contributed by atoms with E-state index in [9.17, 15) is 4.79 Å². The van der Waals surface area contributed by atoms with E-state index in [-0.39, 0.29) is 12.6 Å². The Labute approximate surface area is 124 Å². The molecule has 0 unspecified atom stereocenters. The molecule has 2 rings (SSSR count). The molecule has 0 N–H and O–H groups in total. The molecule has 0 saturated carbocycles. The summed E-state index contributed by atoms with van der Waals surface area (Å²) in [5.74, 6) is 0.928. The molecule has 0 aliphatic heterocycles. The molecule has 2 aromatic rings. The van der Waals surface area contributed by atoms with Crippen molar-refractivity contribution in [3.05, 3.63) is 47.3 Å². The molecule has 0 spiro atoms. The van der Waals surface area contributed by atoms with E-state index in [1.165, 1.54) is 0 Å². The summed E-state index contributed by atoms with van der Waals surface area (Å²) in [5.41, 5.74) is 2.38. The van der Waals surface area contributed by atoms with Crippen LogP contribution in [0.5, 0.6) is 11.5 Å². The molecule has 5 nitrogen and oxygen atoms in total. The molecule has 0 atom stereocenters. The minimum Gasteiger partial charge on any atom is -0.493 e. The van der Waals surface area contributed by atoms with Crippen molar-refractivity contribution in [2.24, 2.45) is 7.05 Å². The molecule has 5 heteroatoms. The smallest absolute Gasteiger partial charge is 0.355 e. The molecular formula is C16H19NO4. The first-order valence-corrected chi connectivity index (χ1v) is 6.56. The van der Waals surface area contributed by atoms with Crippen molar-refractivity contribution >= 4 is 5.97 Å². The fourth-order valence-electron chi connectivity index (χ4n) is 2.07. The second-order valence-corrected chi connectivity index (χ2v) is 4.71. The predicted octanol–water partition coefficient (Wildman–Crippen LogP) is 2.71. The Kier molecular flexibility index (Phi) is 4.52. The molecule has 112 valence electrons. The minimum atomic E-state index is -0.350. The second kappa shape index (κ2) is 6.35. The standard InChI is InChI=1S/C16H19NO4/c1-11-8-14(19-3)15(20-4)9-12(11)10-21-16(18)13-6-5-7-17(13)2/h5-9H,10H2,1-4H3. The molecular weight excluding hydrogens is 270 g/mol. The number of aryl methyl sites for hydroxylation is 2. The summed E-state index contributed by atoms with van der Waals surface area (Å²) in [6.07, 6.45) is 1.80. The average Bonchev–Trinajstić information content (AvgIpc) is 2.91. The number of methoxy groups -OCH3 is 2. The van der Waals surface area contributed by atoms with Gasteiger partial charge in [0.15, 0.2) is 11.5 Å². The van der Waals surface area contributed by atoms with Crippen LogP contribution in [0.15, 0.2) is 30.5 Å². The molecule has 0 saturated heterocycles. The van der Waals surface area contributed by atoms with Crippen LogP contribution in [0.25, 0.3) is 0 Å². The SMILES string of the molecule is COc1cc(C)c(COC(=O)c2cccn2C)cc1OC. The maximum atomic E-state index is 12.0. The number of hydrogen-bond donors (Lipinski definition) is 0. The lowest BCUT2D eigenvalue weighted by Gasteiger charge is -2.13. The van der Waals surface area contributed by atoms with Crippen LogP contribution in [-0.2, 0) is 18.4 Å². The maximum absolute atomic E-state index is 12.0. The number of nitrogens with zero attached hydrogens (tertiary/aromatic N) is 1. The highest BCUT2D eigenvalue weighted by atomic mass is 16.5. The number of rotatable bonds is 5. The van der Waals surface area contributed by atoms with E-state index >= 15 is 0 Å². The summed E-state index contributed by atoms with van der Waals surface area (Å²) < 4.78 is 17.6. The average molecular weight is 289 g/mol. The number of ether oxygens (including phenoxy) is 3. The first kappa shape index (κ1) is 15.0. The number of hydrogen-bond acceptors (Lipinski definition) is 4. The number of benzene rings is 1. The summed E-state index contributed by atoms with van der Waals surface area (Å²) in [7, 11) is 4.97. The van der Waals surface area contributed by atoms with E-state index in [1.54, 1.807) is 44.2 Å². The van der Waals surface area contributed by atoms with Crippen molar-refractivity contribution in [1.82, 2.24) is 4.57 Å². The number of esters is 1. The van der Waals surface area contributed by atoms with Crippen molar-refractivity contribution in [2.75, 3.05) is 14.2 Å². The van der Waals surface area contributed by atoms with Crippen molar-refractivity contribution in [2.45, 2.75) is 13.5 Å². The molecule has 0 amide bonds. The van der Waals surface area contributed by atoms with E-state index in [2.05, 4.69) is 0 Å². The normalized spacial score (nSPS) is 10.3. The number of aromatic nitrogens is 1. The van der Waals surface area contributed by atoms with Crippen molar-refractivity contribution < 1.29 is 19.0 Å². The highest BCUT2D eigenvalue weighted by Gasteiger charge is 2.13. The van der Waals surface area contributed by atoms with Crippen LogP contribution >= 0.6 is 0 Å². The maximum Gasteiger partial charge on any atom is 0.355 e. The van der Waals surface area contributed by atoms with Gasteiger partial charge in [0.25, 0.3) is 0 Å². The Morgan fingerprint density at radius 1 is 1.19 bits per heavy atom. The van der Waals surface area contributed by atoms with Gasteiger partial charge in [-0.05, 0) is 42.3 Å². The quantitative estimate of drug-likeness (QED) is 0.794. The summed E-state index contributed by atoms with van der Waals surface area (Å²) in [4.78, 5) is 12.0. The third kappa shape index (κ3) is 3.18. The molecule has 0 aliphatic carbocycles. The Morgan fingerprint density at radius 3 is 2.43 bits per heavy atom. The fourth-order valence-corrected chi connectivity index (χ4v) is 2.07. The largest absolute Gasteiger partial charge is 0.493 e. The highest BCUT2D eigenvalue weighted by molar-refractivity contribution is 5.87. The third-order valence-electron chi connectivity index (χ3n) is 3.35. The second-order valence-electron chi connectivity index (χ2n) is 4.71. The van der Waals surface area contributed by atoms with Crippen LogP contribution in [-0.4, -0.2) is 24.8 Å². The first-order valence-electron chi connectivity index (χ1n) is 6.56. The van der Waals surface area contributed by atoms with Crippen molar-refractivity contribution in [1.29, 1.82) is 0 Å². The lowest BCUT2D eigenvalue weighted by atomic mass is 10.1. The first-order chi connectivity index (χ1) is 10.1. The molecule has 1 aromatic carbocycles. The monoisotopic (exact) mass is 289 g/mol. The Bertz CT molecular complexity index is 646. The number of carbonyl (C=O) groups excluding carboxylic acids is 1. The zero-order valence-corrected chi connectivity index (χ0v) is 12.7. The van der Waals surface area contributed by atoms with Crippen LogP contribution < -0.4 is 9.47 Å². The molecule has 0 fully saturated rings. The number of carbonyl (C=O) groups is 1. The van der Waals surface area contributed by atoms with Crippen LogP contribution in [0.2, 0.25) is 0 Å². The van der Waals surface area contributed by atoms with Crippen LogP contribution in [0, 0.1) is 6.92 Å². The summed E-state index contributed by atoms with van der Waals surface area (Å²) in [6, 6.07) is 7.22. The zero-order valence-electron chi connectivity index (χ0n) is 12.7. The van der Waals surface area contributed by atoms with Gasteiger partial charge in [0.05, 0.1) is 14.2 Å². The third-order valence-corrected chi connectivity index (χ3v) is 3.35. The topological polar surface area (TPSA) is 49.7 Å². The van der Waals surface area contributed by atoms with Gasteiger partial charge in [0.2, 0.25) is 0 Å². The molecule has 1 aromatic heterocycles. The highest BCUT2D eigenvalue weighted by Crippen LogP contribution is 2.30. The van der Waals surface area contributed by atoms with E-state index < -0.39 is 0 Å². The van der Waals surface area contributed by atoms with E-state index in [0.29, 0.717) is 17.2 Å². The van der Waals surface area contributed by atoms with Gasteiger partial charge >= 0.3 is 5.97 Å². The van der Waals surface area contributed by atoms with Gasteiger partial charge in [-0.15, -0.1) is 0 Å². The molecule has 0 aliphatic rings. The van der Waals surface area contributed by atoms with Crippen molar-refractivity contribution in [3.63, 3.8) is 0 Å². The zero-order chi connectivity index (χ0) is 15.4. The Hall–Kier alpha value is -2.43. The van der Waals surface area contributed by atoms with E-state index in [1.807, 2.05) is 19.1 Å². The Balaban J connectivity index is 2.13. The van der Waals surface area contributed by atoms with Gasteiger partial charge < -0.3 is 18.8 Å². The van der Waals surface area contributed by atoms with E-state index in [0.717, 1.165) is 11.1 Å². The van der Waals surface area contributed by atoms with Gasteiger partial charge in [-0.25, -0.2) is 4.79 Å². The van der Waals surface area contributed by atoms with Crippen molar-refractivity contribution in [3.8, 4) is 11.5 Å². The van der Waals surface area contributed by atoms with Gasteiger partial charge in [0.1, 0.15) is 12.3 Å². The molecule has 0 radical (unpaired) electrons. The van der Waals surface area contributed by atoms with Crippen LogP contribution in [0.3, 0.4) is 0 Å². The molecule has 21 heavy (non-hydrogen) atoms. The summed E-state index contributed by atoms with van der Waals surface area (Å²) in [5, 5.41) is 0. The van der Waals surface area contributed by atoms with Gasteiger partial charge in [-0.1, -0.05) is 0 Å². The fraction of sp³-hybridized carbons (Fsp3) is 0.312. The molecule has 0 bridgehead atoms. The minimum absolute atomic E-state index is 0.191. The van der Waals surface area contributed by atoms with Crippen LogP contribution in [0.4, 0.5) is 0 Å². The van der Waals surface area contributed by atoms with Gasteiger partial charge in [-0.3, -0.25) is 0 Å². The summed E-state index contributed by atoms with van der Waals surface area (Å²) >= 11 is 0. The van der Waals surface area contributed by atoms with Gasteiger partial charge in [0, 0.05) is 13.2 Å². The van der Waals surface area contributed by atoms with Gasteiger partial charge in [-0.2, -0.15) is 0 Å². The molecule has 1 heterocycles. The summed E-state index contributed by atoms with van der Waals surface area (Å²) in [6.45, 7) is 2.13. The van der Waals surface area contributed by atoms with Crippen LogP contribution in [0.1, 0.15) is 21.6 Å². The lowest BCUT2D eigenvalue weighted by Crippen LogP contribution is -2.10.